The SMILES string of the molecule is COCC(=O)N1CCc2c(cn(Cc3ccccc3)c(=O)c2C(=O)N2CC=CCC2)C1. The fraction of sp³-hybridized carbons (Fsp3) is 0.375. The molecule has 2 aromatic rings. The standard InChI is InChI=1S/C24H27N3O4/c1-31-17-21(28)26-13-10-20-19(15-26)16-27(14-18-8-4-2-5-9-18)24(30)22(20)23(29)25-11-6-3-7-12-25/h2-6,8-9,16H,7,10-15,17H2,1H3. The molecule has 2 aliphatic rings. The zero-order valence-electron chi connectivity index (χ0n) is 17.8. The molecule has 0 unspecified atom stereocenters. The van der Waals surface area contributed by atoms with Gasteiger partial charge in [0.1, 0.15) is 12.2 Å². The molecule has 0 radical (unpaired) electrons. The van der Waals surface area contributed by atoms with Gasteiger partial charge in [-0.25, -0.2) is 0 Å². The molecule has 3 heterocycles. The van der Waals surface area contributed by atoms with E-state index < -0.39 is 0 Å². The highest BCUT2D eigenvalue weighted by Crippen LogP contribution is 2.23. The van der Waals surface area contributed by atoms with Crippen LogP contribution in [0.2, 0.25) is 0 Å². The Bertz CT molecular complexity index is 1060. The lowest BCUT2D eigenvalue weighted by Crippen LogP contribution is -2.43. The van der Waals surface area contributed by atoms with E-state index in [2.05, 4.69) is 6.08 Å². The number of carbonyl (C=O) groups is 2. The van der Waals surface area contributed by atoms with Gasteiger partial charge < -0.3 is 19.1 Å². The zero-order valence-corrected chi connectivity index (χ0v) is 17.8. The van der Waals surface area contributed by atoms with Crippen molar-refractivity contribution in [2.75, 3.05) is 33.4 Å². The van der Waals surface area contributed by atoms with Crippen molar-refractivity contribution in [3.63, 3.8) is 0 Å². The lowest BCUT2D eigenvalue weighted by atomic mass is 9.95. The van der Waals surface area contributed by atoms with Gasteiger partial charge in [0.25, 0.3) is 11.5 Å². The van der Waals surface area contributed by atoms with Crippen LogP contribution in [0.25, 0.3) is 0 Å². The van der Waals surface area contributed by atoms with E-state index in [1.807, 2.05) is 42.6 Å². The minimum absolute atomic E-state index is 0.0187. The Morgan fingerprint density at radius 3 is 2.58 bits per heavy atom. The van der Waals surface area contributed by atoms with Crippen LogP contribution in [0.15, 0.2) is 53.5 Å². The first-order chi connectivity index (χ1) is 15.1. The third-order valence-corrected chi connectivity index (χ3v) is 5.84. The largest absolute Gasteiger partial charge is 0.375 e. The topological polar surface area (TPSA) is 71.8 Å². The number of methoxy groups -OCH3 is 1. The Morgan fingerprint density at radius 1 is 1.06 bits per heavy atom. The summed E-state index contributed by atoms with van der Waals surface area (Å²) >= 11 is 0. The third-order valence-electron chi connectivity index (χ3n) is 5.84. The molecule has 0 N–H and O–H groups in total. The van der Waals surface area contributed by atoms with Gasteiger partial charge in [-0.2, -0.15) is 0 Å². The number of nitrogens with zero attached hydrogens (tertiary/aromatic N) is 3. The average molecular weight is 421 g/mol. The predicted molar refractivity (Wildman–Crippen MR) is 117 cm³/mol. The number of carbonyl (C=O) groups excluding carboxylic acids is 2. The van der Waals surface area contributed by atoms with Crippen molar-refractivity contribution in [2.24, 2.45) is 0 Å². The Morgan fingerprint density at radius 2 is 1.87 bits per heavy atom. The van der Waals surface area contributed by atoms with E-state index >= 15 is 0 Å². The summed E-state index contributed by atoms with van der Waals surface area (Å²) in [5.41, 5.74) is 2.59. The van der Waals surface area contributed by atoms with E-state index in [9.17, 15) is 14.4 Å². The van der Waals surface area contributed by atoms with Gasteiger partial charge in [0.05, 0.1) is 6.54 Å². The third kappa shape index (κ3) is 4.46. The lowest BCUT2D eigenvalue weighted by molar-refractivity contribution is -0.136. The molecule has 0 spiro atoms. The maximum atomic E-state index is 13.4. The molecule has 0 fully saturated rings. The van der Waals surface area contributed by atoms with E-state index in [0.29, 0.717) is 39.1 Å². The van der Waals surface area contributed by atoms with Crippen molar-refractivity contribution in [3.8, 4) is 0 Å². The van der Waals surface area contributed by atoms with Crippen LogP contribution in [0.3, 0.4) is 0 Å². The lowest BCUT2D eigenvalue weighted by Gasteiger charge is -2.31. The molecule has 0 aliphatic carbocycles. The van der Waals surface area contributed by atoms with Crippen molar-refractivity contribution in [1.82, 2.24) is 14.4 Å². The number of ether oxygens (including phenoxy) is 1. The van der Waals surface area contributed by atoms with Gasteiger partial charge in [0.15, 0.2) is 0 Å². The van der Waals surface area contributed by atoms with Gasteiger partial charge in [-0.05, 0) is 29.5 Å². The van der Waals surface area contributed by atoms with Crippen molar-refractivity contribution >= 4 is 11.8 Å². The molecule has 31 heavy (non-hydrogen) atoms. The first-order valence-electron chi connectivity index (χ1n) is 10.6. The second-order valence-electron chi connectivity index (χ2n) is 7.94. The molecule has 7 heteroatoms. The molecule has 1 aromatic carbocycles. The maximum absolute atomic E-state index is 13.4. The number of pyridine rings is 1. The molecule has 7 nitrogen and oxygen atoms in total. The van der Waals surface area contributed by atoms with Gasteiger partial charge in [0, 0.05) is 39.5 Å². The second kappa shape index (κ2) is 9.31. The van der Waals surface area contributed by atoms with Crippen LogP contribution in [0.5, 0.6) is 0 Å². The quantitative estimate of drug-likeness (QED) is 0.691. The number of benzene rings is 1. The first kappa shape index (κ1) is 21.1. The average Bonchev–Trinajstić information content (AvgIpc) is 2.80. The fourth-order valence-corrected chi connectivity index (χ4v) is 4.24. The molecular weight excluding hydrogens is 394 g/mol. The number of rotatable bonds is 5. The number of fused-ring (bicyclic) bond motifs is 1. The highest BCUT2D eigenvalue weighted by molar-refractivity contribution is 5.96. The molecule has 162 valence electrons. The first-order valence-corrected chi connectivity index (χ1v) is 10.6. The summed E-state index contributed by atoms with van der Waals surface area (Å²) in [7, 11) is 1.50. The van der Waals surface area contributed by atoms with Gasteiger partial charge in [-0.3, -0.25) is 14.4 Å². The van der Waals surface area contributed by atoms with Crippen molar-refractivity contribution in [1.29, 1.82) is 0 Å². The summed E-state index contributed by atoms with van der Waals surface area (Å²) in [6.45, 7) is 2.35. The number of aromatic nitrogens is 1. The van der Waals surface area contributed by atoms with Gasteiger partial charge in [-0.1, -0.05) is 42.5 Å². The Kier molecular flexibility index (Phi) is 6.32. The summed E-state index contributed by atoms with van der Waals surface area (Å²) in [6.07, 6.45) is 7.10. The zero-order chi connectivity index (χ0) is 21.8. The van der Waals surface area contributed by atoms with Crippen LogP contribution >= 0.6 is 0 Å². The van der Waals surface area contributed by atoms with E-state index in [4.69, 9.17) is 4.74 Å². The molecule has 0 saturated carbocycles. The maximum Gasteiger partial charge on any atom is 0.264 e. The van der Waals surface area contributed by atoms with Crippen LogP contribution in [0, 0.1) is 0 Å². The van der Waals surface area contributed by atoms with Crippen molar-refractivity contribution in [2.45, 2.75) is 25.9 Å². The Hall–Kier alpha value is -3.19. The summed E-state index contributed by atoms with van der Waals surface area (Å²) in [6, 6.07) is 9.69. The fourth-order valence-electron chi connectivity index (χ4n) is 4.24. The molecule has 2 aliphatic heterocycles. The van der Waals surface area contributed by atoms with Crippen LogP contribution in [-0.2, 0) is 29.0 Å². The molecule has 2 amide bonds. The molecular formula is C24H27N3O4. The normalized spacial score (nSPS) is 15.6. The van der Waals surface area contributed by atoms with E-state index in [1.54, 1.807) is 14.4 Å². The molecule has 1 aromatic heterocycles. The minimum atomic E-state index is -0.265. The summed E-state index contributed by atoms with van der Waals surface area (Å²) in [5, 5.41) is 0. The number of hydrogen-bond donors (Lipinski definition) is 0. The van der Waals surface area contributed by atoms with Crippen molar-refractivity contribution < 1.29 is 14.3 Å². The molecule has 0 atom stereocenters. The highest BCUT2D eigenvalue weighted by Gasteiger charge is 2.30. The van der Waals surface area contributed by atoms with Gasteiger partial charge >= 0.3 is 0 Å². The Balaban J connectivity index is 1.75. The minimum Gasteiger partial charge on any atom is -0.375 e. The molecule has 4 rings (SSSR count). The molecule has 0 bridgehead atoms. The van der Waals surface area contributed by atoms with E-state index in [0.717, 1.165) is 23.1 Å². The van der Waals surface area contributed by atoms with Crippen LogP contribution in [0.1, 0.15) is 33.5 Å². The van der Waals surface area contributed by atoms with E-state index in [1.165, 1.54) is 7.11 Å². The van der Waals surface area contributed by atoms with Crippen molar-refractivity contribution in [3.05, 3.63) is 81.3 Å². The molecule has 0 saturated heterocycles. The smallest absolute Gasteiger partial charge is 0.264 e. The van der Waals surface area contributed by atoms with E-state index in [-0.39, 0.29) is 29.5 Å². The summed E-state index contributed by atoms with van der Waals surface area (Å²) < 4.78 is 6.60. The van der Waals surface area contributed by atoms with Crippen LogP contribution < -0.4 is 5.56 Å². The Labute approximate surface area is 181 Å². The van der Waals surface area contributed by atoms with Gasteiger partial charge in [-0.15, -0.1) is 0 Å². The van der Waals surface area contributed by atoms with Crippen LogP contribution in [-0.4, -0.2) is 59.5 Å². The number of amides is 2. The van der Waals surface area contributed by atoms with Gasteiger partial charge in [0.2, 0.25) is 5.91 Å². The second-order valence-corrected chi connectivity index (χ2v) is 7.94. The highest BCUT2D eigenvalue weighted by atomic mass is 16.5. The monoisotopic (exact) mass is 421 g/mol. The predicted octanol–water partition coefficient (Wildman–Crippen LogP) is 1.83. The summed E-state index contributed by atoms with van der Waals surface area (Å²) in [5.74, 6) is -0.312. The summed E-state index contributed by atoms with van der Waals surface area (Å²) in [4.78, 5) is 42.7. The number of hydrogen-bond acceptors (Lipinski definition) is 4. The van der Waals surface area contributed by atoms with Crippen LogP contribution in [0.4, 0.5) is 0 Å².